The van der Waals surface area contributed by atoms with E-state index in [2.05, 4.69) is 26.5 Å². The van der Waals surface area contributed by atoms with Crippen molar-refractivity contribution < 1.29 is 14.1 Å². The first-order valence-corrected chi connectivity index (χ1v) is 5.80. The fourth-order valence-corrected chi connectivity index (χ4v) is 1.56. The van der Waals surface area contributed by atoms with Crippen molar-refractivity contribution in [2.45, 2.75) is 39.2 Å². The Morgan fingerprint density at radius 2 is 1.69 bits per heavy atom. The minimum Gasteiger partial charge on any atom is -0.347 e. The molecular formula is C12H25N2O2+. The Kier molecular flexibility index (Phi) is 6.26. The highest BCUT2D eigenvalue weighted by atomic mass is 16.2. The van der Waals surface area contributed by atoms with Crippen molar-refractivity contribution in [2.75, 3.05) is 27.7 Å². The Balaban J connectivity index is 3.86. The zero-order chi connectivity index (χ0) is 12.8. The van der Waals surface area contributed by atoms with E-state index >= 15 is 0 Å². The number of hydrogen-bond donors (Lipinski definition) is 1. The number of Topliss-reactive ketones (excluding diaryl/α,β-unsaturated/α-hetero) is 1. The third-order valence-corrected chi connectivity index (χ3v) is 2.44. The van der Waals surface area contributed by atoms with Gasteiger partial charge in [-0.1, -0.05) is 0 Å². The number of unbranched alkanes of at least 4 members (excludes halogenated alkanes) is 1. The highest BCUT2D eigenvalue weighted by Crippen LogP contribution is 2.05. The molecule has 1 N–H and O–H groups in total. The maximum Gasteiger partial charge on any atom is 0.217 e. The summed E-state index contributed by atoms with van der Waals surface area (Å²) in [5, 5.41) is 2.68. The number of quaternary nitrogens is 1. The minimum atomic E-state index is -0.301. The molecule has 16 heavy (non-hydrogen) atoms. The summed E-state index contributed by atoms with van der Waals surface area (Å²) in [4.78, 5) is 22.1. The average molecular weight is 229 g/mol. The number of rotatable bonds is 7. The van der Waals surface area contributed by atoms with E-state index in [0.29, 0.717) is 0 Å². The second-order valence-electron chi connectivity index (χ2n) is 5.37. The number of hydrogen-bond acceptors (Lipinski definition) is 2. The van der Waals surface area contributed by atoms with Crippen LogP contribution in [0.2, 0.25) is 0 Å². The lowest BCUT2D eigenvalue weighted by Gasteiger charge is -2.24. The molecule has 0 saturated carbocycles. The van der Waals surface area contributed by atoms with E-state index in [9.17, 15) is 9.59 Å². The van der Waals surface area contributed by atoms with Crippen molar-refractivity contribution >= 4 is 11.7 Å². The molecule has 94 valence electrons. The van der Waals surface area contributed by atoms with Crippen LogP contribution in [0.1, 0.15) is 33.1 Å². The van der Waals surface area contributed by atoms with Crippen LogP contribution in [0, 0.1) is 0 Å². The lowest BCUT2D eigenvalue weighted by Crippen LogP contribution is -2.39. The molecule has 0 bridgehead atoms. The summed E-state index contributed by atoms with van der Waals surface area (Å²) in [6.07, 6.45) is 2.79. The fourth-order valence-electron chi connectivity index (χ4n) is 1.56. The van der Waals surface area contributed by atoms with Crippen molar-refractivity contribution in [2.24, 2.45) is 0 Å². The normalized spacial score (nSPS) is 13.3. The van der Waals surface area contributed by atoms with E-state index < -0.39 is 0 Å². The lowest BCUT2D eigenvalue weighted by atomic mass is 10.1. The summed E-state index contributed by atoms with van der Waals surface area (Å²) in [5.74, 6) is -0.0905. The van der Waals surface area contributed by atoms with E-state index in [-0.39, 0.29) is 17.7 Å². The van der Waals surface area contributed by atoms with Gasteiger partial charge < -0.3 is 9.80 Å². The summed E-state index contributed by atoms with van der Waals surface area (Å²) >= 11 is 0. The van der Waals surface area contributed by atoms with Crippen LogP contribution < -0.4 is 5.32 Å². The van der Waals surface area contributed by atoms with Gasteiger partial charge in [-0.05, 0) is 26.2 Å². The molecule has 0 fully saturated rings. The van der Waals surface area contributed by atoms with Crippen LogP contribution in [-0.4, -0.2) is 49.9 Å². The van der Waals surface area contributed by atoms with Crippen molar-refractivity contribution in [3.05, 3.63) is 0 Å². The van der Waals surface area contributed by atoms with E-state index in [0.717, 1.165) is 30.3 Å². The van der Waals surface area contributed by atoms with Gasteiger partial charge in [-0.15, -0.1) is 0 Å². The van der Waals surface area contributed by atoms with Crippen LogP contribution in [0.5, 0.6) is 0 Å². The molecule has 0 saturated heterocycles. The molecule has 1 unspecified atom stereocenters. The first-order chi connectivity index (χ1) is 7.22. The van der Waals surface area contributed by atoms with Gasteiger partial charge in [0.05, 0.1) is 33.7 Å². The number of ketones is 1. The smallest absolute Gasteiger partial charge is 0.217 e. The SMILES string of the molecule is CC(=O)NC(CCCC[N+](C)(C)C)C(C)=O. The van der Waals surface area contributed by atoms with Crippen molar-refractivity contribution in [3.8, 4) is 0 Å². The maximum atomic E-state index is 11.3. The van der Waals surface area contributed by atoms with Crippen LogP contribution in [0.25, 0.3) is 0 Å². The molecule has 0 aromatic rings. The van der Waals surface area contributed by atoms with Gasteiger partial charge in [0.15, 0.2) is 5.78 Å². The van der Waals surface area contributed by atoms with Crippen molar-refractivity contribution in [1.29, 1.82) is 0 Å². The summed E-state index contributed by atoms with van der Waals surface area (Å²) < 4.78 is 0.935. The Labute approximate surface area is 98.6 Å². The Hall–Kier alpha value is -0.900. The van der Waals surface area contributed by atoms with E-state index in [1.165, 1.54) is 13.8 Å². The number of amides is 1. The number of carbonyl (C=O) groups excluding carboxylic acids is 2. The summed E-state index contributed by atoms with van der Waals surface area (Å²) in [6.45, 7) is 4.06. The van der Waals surface area contributed by atoms with Crippen LogP contribution in [0.3, 0.4) is 0 Å². The Morgan fingerprint density at radius 3 is 2.06 bits per heavy atom. The first kappa shape index (κ1) is 15.1. The van der Waals surface area contributed by atoms with Crippen LogP contribution in [0.4, 0.5) is 0 Å². The predicted molar refractivity (Wildman–Crippen MR) is 65.0 cm³/mol. The highest BCUT2D eigenvalue weighted by Gasteiger charge is 2.15. The highest BCUT2D eigenvalue weighted by molar-refractivity contribution is 5.86. The van der Waals surface area contributed by atoms with Gasteiger partial charge in [-0.25, -0.2) is 0 Å². The summed E-state index contributed by atoms with van der Waals surface area (Å²) in [7, 11) is 6.45. The zero-order valence-electron chi connectivity index (χ0n) is 11.2. The molecule has 1 amide bonds. The summed E-state index contributed by atoms with van der Waals surface area (Å²) in [5.41, 5.74) is 0. The van der Waals surface area contributed by atoms with E-state index in [1.807, 2.05) is 0 Å². The second-order valence-corrected chi connectivity index (χ2v) is 5.37. The van der Waals surface area contributed by atoms with Gasteiger partial charge in [0.25, 0.3) is 0 Å². The van der Waals surface area contributed by atoms with Crippen LogP contribution >= 0.6 is 0 Å². The molecular weight excluding hydrogens is 204 g/mol. The van der Waals surface area contributed by atoms with Gasteiger partial charge in [0.2, 0.25) is 5.91 Å². The quantitative estimate of drug-likeness (QED) is 0.522. The van der Waals surface area contributed by atoms with E-state index in [1.54, 1.807) is 0 Å². The molecule has 0 radical (unpaired) electrons. The largest absolute Gasteiger partial charge is 0.347 e. The predicted octanol–water partition coefficient (Wildman–Crippen LogP) is 0.957. The molecule has 0 aromatic heterocycles. The zero-order valence-corrected chi connectivity index (χ0v) is 11.2. The molecule has 4 heteroatoms. The lowest BCUT2D eigenvalue weighted by molar-refractivity contribution is -0.870. The molecule has 0 aliphatic carbocycles. The monoisotopic (exact) mass is 229 g/mol. The van der Waals surface area contributed by atoms with Gasteiger partial charge in [0.1, 0.15) is 0 Å². The molecule has 0 heterocycles. The van der Waals surface area contributed by atoms with Crippen LogP contribution in [-0.2, 0) is 9.59 Å². The van der Waals surface area contributed by atoms with Gasteiger partial charge in [-0.3, -0.25) is 9.59 Å². The number of carbonyl (C=O) groups is 2. The minimum absolute atomic E-state index is 0.0421. The molecule has 0 spiro atoms. The Morgan fingerprint density at radius 1 is 1.12 bits per heavy atom. The van der Waals surface area contributed by atoms with Gasteiger partial charge in [0, 0.05) is 6.92 Å². The fraction of sp³-hybridized carbons (Fsp3) is 0.833. The van der Waals surface area contributed by atoms with Crippen molar-refractivity contribution in [1.82, 2.24) is 5.32 Å². The third-order valence-electron chi connectivity index (χ3n) is 2.44. The molecule has 0 rings (SSSR count). The maximum absolute atomic E-state index is 11.3. The van der Waals surface area contributed by atoms with Crippen molar-refractivity contribution in [3.63, 3.8) is 0 Å². The average Bonchev–Trinajstić information content (AvgIpc) is 2.07. The topological polar surface area (TPSA) is 46.2 Å². The number of nitrogens with zero attached hydrogens (tertiary/aromatic N) is 1. The molecule has 1 atom stereocenters. The molecule has 0 aliphatic heterocycles. The second kappa shape index (κ2) is 6.63. The van der Waals surface area contributed by atoms with Crippen LogP contribution in [0.15, 0.2) is 0 Å². The van der Waals surface area contributed by atoms with E-state index in [4.69, 9.17) is 0 Å². The molecule has 4 nitrogen and oxygen atoms in total. The number of nitrogens with one attached hydrogen (secondary N) is 1. The van der Waals surface area contributed by atoms with Gasteiger partial charge >= 0.3 is 0 Å². The molecule has 0 aliphatic rings. The van der Waals surface area contributed by atoms with Gasteiger partial charge in [-0.2, -0.15) is 0 Å². The standard InChI is InChI=1S/C12H24N2O2/c1-10(15)12(13-11(2)16)8-6-7-9-14(3,4)5/h12H,6-9H2,1-5H3/p+1. The molecule has 0 aromatic carbocycles. The first-order valence-electron chi connectivity index (χ1n) is 5.80. The third kappa shape index (κ3) is 8.41. The summed E-state index contributed by atoms with van der Waals surface area (Å²) in [6, 6.07) is -0.301. The Bertz CT molecular complexity index is 244.